The van der Waals surface area contributed by atoms with Crippen molar-refractivity contribution >= 4 is 52.2 Å². The third kappa shape index (κ3) is 5.93. The van der Waals surface area contributed by atoms with Crippen molar-refractivity contribution in [1.29, 1.82) is 0 Å². The van der Waals surface area contributed by atoms with Gasteiger partial charge in [-0.3, -0.25) is 9.69 Å². The molecule has 8 heteroatoms. The quantitative estimate of drug-likeness (QED) is 0.276. The maximum Gasteiger partial charge on any atom is 0.338 e. The second-order valence-corrected chi connectivity index (χ2v) is 8.97. The van der Waals surface area contributed by atoms with Gasteiger partial charge in [0.15, 0.2) is 5.17 Å². The number of aliphatic imine (C=N–C) groups is 1. The smallest absolute Gasteiger partial charge is 0.338 e. The lowest BCUT2D eigenvalue weighted by molar-refractivity contribution is -0.121. The van der Waals surface area contributed by atoms with Gasteiger partial charge < -0.3 is 9.47 Å². The van der Waals surface area contributed by atoms with Crippen molar-refractivity contribution in [1.82, 2.24) is 4.90 Å². The Balaban J connectivity index is 1.52. The average molecular weight is 507 g/mol. The molecular formula is C27H23ClN2O4S. The van der Waals surface area contributed by atoms with E-state index in [0.717, 1.165) is 11.1 Å². The van der Waals surface area contributed by atoms with Gasteiger partial charge in [-0.1, -0.05) is 48.0 Å². The summed E-state index contributed by atoms with van der Waals surface area (Å²) in [7, 11) is 1.68. The van der Waals surface area contributed by atoms with Gasteiger partial charge in [-0.25, -0.2) is 9.79 Å². The summed E-state index contributed by atoms with van der Waals surface area (Å²) in [4.78, 5) is 31.4. The zero-order chi connectivity index (χ0) is 24.8. The van der Waals surface area contributed by atoms with Crippen molar-refractivity contribution in [2.45, 2.75) is 13.5 Å². The first-order valence-corrected chi connectivity index (χ1v) is 12.1. The number of amidine groups is 1. The molecular weight excluding hydrogens is 484 g/mol. The molecule has 0 atom stereocenters. The van der Waals surface area contributed by atoms with Crippen molar-refractivity contribution in [2.75, 3.05) is 13.7 Å². The highest BCUT2D eigenvalue weighted by atomic mass is 35.5. The number of benzene rings is 3. The van der Waals surface area contributed by atoms with Gasteiger partial charge in [-0.15, -0.1) is 0 Å². The number of thioether (sulfide) groups is 1. The number of likely N-dealkylation sites (N-methyl/N-ethyl adjacent to an activating group) is 1. The second kappa shape index (κ2) is 11.3. The SMILES string of the molecule is CCOC(=O)c1ccc(N=C2S/C(=C\c3ccccc3OCc3ccccc3Cl)C(=O)N2C)cc1. The number of carbonyl (C=O) groups excluding carboxylic acids is 2. The Morgan fingerprint density at radius 2 is 1.77 bits per heavy atom. The summed E-state index contributed by atoms with van der Waals surface area (Å²) in [5.41, 5.74) is 2.74. The number of ether oxygens (including phenoxy) is 2. The van der Waals surface area contributed by atoms with Crippen LogP contribution in [-0.4, -0.2) is 35.6 Å². The molecule has 1 aliphatic rings. The minimum Gasteiger partial charge on any atom is -0.488 e. The van der Waals surface area contributed by atoms with E-state index in [2.05, 4.69) is 4.99 Å². The Morgan fingerprint density at radius 1 is 1.06 bits per heavy atom. The van der Waals surface area contributed by atoms with Crippen LogP contribution in [0, 0.1) is 0 Å². The third-order valence-electron chi connectivity index (χ3n) is 5.15. The summed E-state index contributed by atoms with van der Waals surface area (Å²) >= 11 is 7.52. The molecule has 0 saturated carbocycles. The van der Waals surface area contributed by atoms with Crippen LogP contribution < -0.4 is 4.74 Å². The largest absolute Gasteiger partial charge is 0.488 e. The standard InChI is InChI=1S/C27H23ClN2O4S/c1-3-33-26(32)18-12-14-21(15-13-18)29-27-30(2)25(31)24(35-27)16-19-8-5-7-11-23(19)34-17-20-9-4-6-10-22(20)28/h4-16H,3,17H2,1-2H3/b24-16-,29-27?. The van der Waals surface area contributed by atoms with Gasteiger partial charge in [0.25, 0.3) is 5.91 Å². The second-order valence-electron chi connectivity index (χ2n) is 7.55. The van der Waals surface area contributed by atoms with Crippen LogP contribution in [0.4, 0.5) is 5.69 Å². The molecule has 0 aromatic heterocycles. The van der Waals surface area contributed by atoms with Crippen LogP contribution in [0.5, 0.6) is 5.75 Å². The Labute approximate surface area is 213 Å². The number of halogens is 1. The molecule has 35 heavy (non-hydrogen) atoms. The van der Waals surface area contributed by atoms with Gasteiger partial charge in [-0.2, -0.15) is 0 Å². The fraction of sp³-hybridized carbons (Fsp3) is 0.148. The molecule has 0 bridgehead atoms. The molecule has 0 N–H and O–H groups in total. The fourth-order valence-corrected chi connectivity index (χ4v) is 4.46. The molecule has 178 valence electrons. The van der Waals surface area contributed by atoms with Crippen molar-refractivity contribution < 1.29 is 19.1 Å². The molecule has 1 fully saturated rings. The minimum absolute atomic E-state index is 0.155. The lowest BCUT2D eigenvalue weighted by Crippen LogP contribution is -2.23. The maximum atomic E-state index is 12.9. The van der Waals surface area contributed by atoms with Gasteiger partial charge in [-0.05, 0) is 61.2 Å². The first-order chi connectivity index (χ1) is 17.0. The summed E-state index contributed by atoms with van der Waals surface area (Å²) < 4.78 is 11.0. The maximum absolute atomic E-state index is 12.9. The minimum atomic E-state index is -0.380. The summed E-state index contributed by atoms with van der Waals surface area (Å²) in [5, 5.41) is 1.18. The van der Waals surface area contributed by atoms with E-state index in [1.54, 1.807) is 44.3 Å². The number of esters is 1. The predicted octanol–water partition coefficient (Wildman–Crippen LogP) is 6.33. The number of hydrogen-bond acceptors (Lipinski definition) is 6. The van der Waals surface area contributed by atoms with Crippen LogP contribution in [-0.2, 0) is 16.1 Å². The van der Waals surface area contributed by atoms with Gasteiger partial charge in [0, 0.05) is 23.2 Å². The van der Waals surface area contributed by atoms with Crippen molar-refractivity contribution in [3.8, 4) is 5.75 Å². The van der Waals surface area contributed by atoms with E-state index in [1.165, 1.54) is 16.7 Å². The highest BCUT2D eigenvalue weighted by Crippen LogP contribution is 2.35. The first kappa shape index (κ1) is 24.6. The lowest BCUT2D eigenvalue weighted by atomic mass is 10.1. The Kier molecular flexibility index (Phi) is 7.90. The number of amides is 1. The van der Waals surface area contributed by atoms with E-state index >= 15 is 0 Å². The number of nitrogens with zero attached hydrogens (tertiary/aromatic N) is 2. The predicted molar refractivity (Wildman–Crippen MR) is 140 cm³/mol. The van der Waals surface area contributed by atoms with Crippen molar-refractivity contribution in [3.05, 3.63) is 99.4 Å². The Hall–Kier alpha value is -3.55. The average Bonchev–Trinajstić information content (AvgIpc) is 3.12. The van der Waals surface area contributed by atoms with E-state index < -0.39 is 0 Å². The Morgan fingerprint density at radius 3 is 2.51 bits per heavy atom. The van der Waals surface area contributed by atoms with Crippen LogP contribution in [0.25, 0.3) is 6.08 Å². The Bertz CT molecular complexity index is 1300. The molecule has 1 amide bonds. The van der Waals surface area contributed by atoms with Crippen molar-refractivity contribution in [2.24, 2.45) is 4.99 Å². The lowest BCUT2D eigenvalue weighted by Gasteiger charge is -2.10. The van der Waals surface area contributed by atoms with Gasteiger partial charge >= 0.3 is 5.97 Å². The molecule has 3 aromatic rings. The van der Waals surface area contributed by atoms with Crippen LogP contribution in [0.2, 0.25) is 5.02 Å². The highest BCUT2D eigenvalue weighted by Gasteiger charge is 2.30. The summed E-state index contributed by atoms with van der Waals surface area (Å²) in [6.45, 7) is 2.39. The zero-order valence-corrected chi connectivity index (χ0v) is 20.8. The zero-order valence-electron chi connectivity index (χ0n) is 19.2. The van der Waals surface area contributed by atoms with Crippen LogP contribution >= 0.6 is 23.4 Å². The van der Waals surface area contributed by atoms with E-state index in [4.69, 9.17) is 21.1 Å². The van der Waals surface area contributed by atoms with Crippen LogP contribution in [0.15, 0.2) is 82.7 Å². The summed E-state index contributed by atoms with van der Waals surface area (Å²) in [6.07, 6.45) is 1.80. The van der Waals surface area contributed by atoms with Crippen molar-refractivity contribution in [3.63, 3.8) is 0 Å². The van der Waals surface area contributed by atoms with Gasteiger partial charge in [0.1, 0.15) is 12.4 Å². The molecule has 3 aromatic carbocycles. The molecule has 1 heterocycles. The first-order valence-electron chi connectivity index (χ1n) is 10.9. The number of para-hydroxylation sites is 1. The molecule has 0 aliphatic carbocycles. The van der Waals surface area contributed by atoms with E-state index in [0.29, 0.717) is 45.3 Å². The molecule has 0 unspecified atom stereocenters. The molecule has 4 rings (SSSR count). The number of carbonyl (C=O) groups is 2. The molecule has 1 aliphatic heterocycles. The normalized spacial score (nSPS) is 15.6. The molecule has 0 spiro atoms. The highest BCUT2D eigenvalue weighted by molar-refractivity contribution is 8.18. The van der Waals surface area contributed by atoms with Gasteiger partial charge in [0.2, 0.25) is 0 Å². The van der Waals surface area contributed by atoms with Crippen LogP contribution in [0.3, 0.4) is 0 Å². The number of rotatable bonds is 7. The van der Waals surface area contributed by atoms with E-state index in [1.807, 2.05) is 48.5 Å². The molecule has 1 saturated heterocycles. The summed E-state index contributed by atoms with van der Waals surface area (Å²) in [6, 6.07) is 21.8. The third-order valence-corrected chi connectivity index (χ3v) is 6.58. The fourth-order valence-electron chi connectivity index (χ4n) is 3.29. The van der Waals surface area contributed by atoms with E-state index in [-0.39, 0.29) is 11.9 Å². The summed E-state index contributed by atoms with van der Waals surface area (Å²) in [5.74, 6) is 0.114. The van der Waals surface area contributed by atoms with Gasteiger partial charge in [0.05, 0.1) is 22.8 Å². The molecule has 6 nitrogen and oxygen atoms in total. The topological polar surface area (TPSA) is 68.2 Å². The van der Waals surface area contributed by atoms with E-state index in [9.17, 15) is 9.59 Å². The monoisotopic (exact) mass is 506 g/mol. The molecule has 0 radical (unpaired) electrons. The van der Waals surface area contributed by atoms with Crippen LogP contribution in [0.1, 0.15) is 28.4 Å². The number of hydrogen-bond donors (Lipinski definition) is 0.